The quantitative estimate of drug-likeness (QED) is 0.834. The molecular weight excluding hydrogens is 314 g/mol. The van der Waals surface area contributed by atoms with Gasteiger partial charge in [-0.05, 0) is 36.5 Å². The molecule has 2 heterocycles. The fraction of sp³-hybridized carbons (Fsp3) is 0.438. The molecule has 0 aliphatic carbocycles. The van der Waals surface area contributed by atoms with Crippen molar-refractivity contribution in [1.29, 1.82) is 0 Å². The van der Waals surface area contributed by atoms with E-state index in [1.165, 1.54) is 7.11 Å². The van der Waals surface area contributed by atoms with E-state index in [0.717, 1.165) is 18.4 Å². The molecule has 1 aromatic carbocycles. The molecule has 1 atom stereocenters. The van der Waals surface area contributed by atoms with Gasteiger partial charge in [0.1, 0.15) is 10.6 Å². The van der Waals surface area contributed by atoms with Crippen molar-refractivity contribution in [3.63, 3.8) is 0 Å². The molecule has 0 spiro atoms. The Bertz CT molecular complexity index is 785. The minimum atomic E-state index is -3.51. The van der Waals surface area contributed by atoms with Crippen LogP contribution >= 0.6 is 0 Å². The maximum absolute atomic E-state index is 12.8. The number of sulfonamides is 1. The smallest absolute Gasteiger partial charge is 0.246 e. The highest BCUT2D eigenvalue weighted by Gasteiger charge is 2.34. The molecule has 7 heteroatoms. The van der Waals surface area contributed by atoms with Crippen molar-refractivity contribution in [2.75, 3.05) is 20.2 Å². The van der Waals surface area contributed by atoms with Gasteiger partial charge in [0, 0.05) is 26.3 Å². The molecule has 1 aliphatic rings. The molecule has 2 aromatic rings. The van der Waals surface area contributed by atoms with Crippen LogP contribution in [0.5, 0.6) is 5.75 Å². The fourth-order valence-electron chi connectivity index (χ4n) is 3.06. The Morgan fingerprint density at radius 3 is 2.83 bits per heavy atom. The number of ether oxygens (including phenoxy) is 1. The molecule has 0 radical (unpaired) electrons. The largest absolute Gasteiger partial charge is 0.495 e. The summed E-state index contributed by atoms with van der Waals surface area (Å²) in [7, 11) is -0.139. The van der Waals surface area contributed by atoms with Crippen LogP contribution in [0.25, 0.3) is 0 Å². The second-order valence-electron chi connectivity index (χ2n) is 5.89. The minimum Gasteiger partial charge on any atom is -0.495 e. The molecule has 1 fully saturated rings. The molecule has 0 amide bonds. The molecule has 1 unspecified atom stereocenters. The number of hydrogen-bond acceptors (Lipinski definition) is 4. The molecule has 1 aromatic heterocycles. The molecule has 1 saturated heterocycles. The highest BCUT2D eigenvalue weighted by molar-refractivity contribution is 7.89. The Kier molecular flexibility index (Phi) is 4.41. The lowest BCUT2D eigenvalue weighted by molar-refractivity contribution is 0.397. The van der Waals surface area contributed by atoms with Gasteiger partial charge in [-0.1, -0.05) is 12.1 Å². The van der Waals surface area contributed by atoms with Gasteiger partial charge >= 0.3 is 0 Å². The summed E-state index contributed by atoms with van der Waals surface area (Å²) < 4.78 is 34.2. The molecule has 6 nitrogen and oxygen atoms in total. The van der Waals surface area contributed by atoms with Gasteiger partial charge < -0.3 is 4.74 Å². The SMILES string of the molecule is COc1ccccc1S(=O)(=O)N1CCC(Cc2cnn(C)c2)C1. The number of rotatable bonds is 5. The molecule has 0 bridgehead atoms. The van der Waals surface area contributed by atoms with Gasteiger partial charge in [0.2, 0.25) is 10.0 Å². The Balaban J connectivity index is 1.75. The molecule has 23 heavy (non-hydrogen) atoms. The summed E-state index contributed by atoms with van der Waals surface area (Å²) in [5.41, 5.74) is 1.15. The van der Waals surface area contributed by atoms with Crippen LogP contribution in [-0.4, -0.2) is 42.7 Å². The van der Waals surface area contributed by atoms with Crippen LogP contribution in [0, 0.1) is 5.92 Å². The predicted octanol–water partition coefficient (Wildman–Crippen LogP) is 1.68. The van der Waals surface area contributed by atoms with Crippen LogP contribution < -0.4 is 4.74 Å². The number of aromatic nitrogens is 2. The van der Waals surface area contributed by atoms with E-state index < -0.39 is 10.0 Å². The third-order valence-electron chi connectivity index (χ3n) is 4.22. The van der Waals surface area contributed by atoms with Gasteiger partial charge in [-0.2, -0.15) is 9.40 Å². The van der Waals surface area contributed by atoms with Crippen LogP contribution in [0.4, 0.5) is 0 Å². The minimum absolute atomic E-state index is 0.240. The summed E-state index contributed by atoms with van der Waals surface area (Å²) in [5, 5.41) is 4.17. The Labute approximate surface area is 136 Å². The van der Waals surface area contributed by atoms with E-state index in [9.17, 15) is 8.42 Å². The monoisotopic (exact) mass is 335 g/mol. The Hall–Kier alpha value is -1.86. The van der Waals surface area contributed by atoms with E-state index in [-0.39, 0.29) is 4.90 Å². The van der Waals surface area contributed by atoms with Crippen molar-refractivity contribution in [2.24, 2.45) is 13.0 Å². The summed E-state index contributed by atoms with van der Waals surface area (Å²) in [4.78, 5) is 0.240. The molecule has 0 N–H and O–H groups in total. The van der Waals surface area contributed by atoms with Gasteiger partial charge in [0.25, 0.3) is 0 Å². The Morgan fingerprint density at radius 2 is 2.13 bits per heavy atom. The molecular formula is C16H21N3O3S. The summed E-state index contributed by atoms with van der Waals surface area (Å²) in [6.07, 6.45) is 5.55. The first-order valence-corrected chi connectivity index (χ1v) is 9.05. The van der Waals surface area contributed by atoms with Crippen LogP contribution in [-0.2, 0) is 23.5 Å². The highest BCUT2D eigenvalue weighted by atomic mass is 32.2. The zero-order valence-electron chi connectivity index (χ0n) is 13.3. The first-order valence-electron chi connectivity index (χ1n) is 7.61. The maximum atomic E-state index is 12.8. The topological polar surface area (TPSA) is 64.4 Å². The lowest BCUT2D eigenvalue weighted by Gasteiger charge is -2.18. The third kappa shape index (κ3) is 3.25. The molecule has 124 valence electrons. The van der Waals surface area contributed by atoms with Crippen LogP contribution in [0.1, 0.15) is 12.0 Å². The van der Waals surface area contributed by atoms with Gasteiger partial charge in [-0.25, -0.2) is 8.42 Å². The second kappa shape index (κ2) is 6.33. The molecule has 0 saturated carbocycles. The summed E-state index contributed by atoms with van der Waals surface area (Å²) in [6.45, 7) is 1.08. The summed E-state index contributed by atoms with van der Waals surface area (Å²) in [5.74, 6) is 0.715. The standard InChI is InChI=1S/C16H21N3O3S/c1-18-11-14(10-17-18)9-13-7-8-19(12-13)23(20,21)16-6-4-3-5-15(16)22-2/h3-6,10-11,13H,7-9,12H2,1-2H3. The van der Waals surface area contributed by atoms with Crippen molar-refractivity contribution < 1.29 is 13.2 Å². The van der Waals surface area contributed by atoms with Crippen LogP contribution in [0.2, 0.25) is 0 Å². The average Bonchev–Trinajstić information content (AvgIpc) is 3.17. The van der Waals surface area contributed by atoms with Crippen LogP contribution in [0.15, 0.2) is 41.6 Å². The number of benzene rings is 1. The van der Waals surface area contributed by atoms with Crippen LogP contribution in [0.3, 0.4) is 0 Å². The fourth-order valence-corrected chi connectivity index (χ4v) is 4.75. The zero-order chi connectivity index (χ0) is 16.4. The van der Waals surface area contributed by atoms with Gasteiger partial charge in [0.15, 0.2) is 0 Å². The van der Waals surface area contributed by atoms with Gasteiger partial charge in [-0.3, -0.25) is 4.68 Å². The first-order chi connectivity index (χ1) is 11.0. The average molecular weight is 335 g/mol. The number of methoxy groups -OCH3 is 1. The second-order valence-corrected chi connectivity index (χ2v) is 7.80. The number of aryl methyl sites for hydroxylation is 1. The van der Waals surface area contributed by atoms with Crippen molar-refractivity contribution in [1.82, 2.24) is 14.1 Å². The highest BCUT2D eigenvalue weighted by Crippen LogP contribution is 2.30. The maximum Gasteiger partial charge on any atom is 0.246 e. The van der Waals surface area contributed by atoms with Crippen molar-refractivity contribution in [3.05, 3.63) is 42.2 Å². The lowest BCUT2D eigenvalue weighted by Crippen LogP contribution is -2.29. The van der Waals surface area contributed by atoms with E-state index in [1.54, 1.807) is 33.3 Å². The van der Waals surface area contributed by atoms with E-state index in [4.69, 9.17) is 4.74 Å². The van der Waals surface area contributed by atoms with E-state index in [1.807, 2.05) is 19.4 Å². The van der Waals surface area contributed by atoms with Crippen molar-refractivity contribution in [3.8, 4) is 5.75 Å². The van der Waals surface area contributed by atoms with E-state index in [0.29, 0.717) is 24.8 Å². The predicted molar refractivity (Wildman–Crippen MR) is 86.8 cm³/mol. The van der Waals surface area contributed by atoms with E-state index >= 15 is 0 Å². The summed E-state index contributed by atoms with van der Waals surface area (Å²) >= 11 is 0. The lowest BCUT2D eigenvalue weighted by atomic mass is 10.0. The van der Waals surface area contributed by atoms with Crippen molar-refractivity contribution in [2.45, 2.75) is 17.7 Å². The normalized spacial score (nSPS) is 19.1. The molecule has 1 aliphatic heterocycles. The number of para-hydroxylation sites is 1. The zero-order valence-corrected chi connectivity index (χ0v) is 14.2. The van der Waals surface area contributed by atoms with Gasteiger partial charge in [-0.15, -0.1) is 0 Å². The first kappa shape index (κ1) is 16.0. The summed E-state index contributed by atoms with van der Waals surface area (Å²) in [6, 6.07) is 6.77. The van der Waals surface area contributed by atoms with Crippen molar-refractivity contribution >= 4 is 10.0 Å². The third-order valence-corrected chi connectivity index (χ3v) is 6.12. The number of hydrogen-bond donors (Lipinski definition) is 0. The molecule has 3 rings (SSSR count). The van der Waals surface area contributed by atoms with Gasteiger partial charge in [0.05, 0.1) is 13.3 Å². The number of nitrogens with zero attached hydrogens (tertiary/aromatic N) is 3. The van der Waals surface area contributed by atoms with E-state index in [2.05, 4.69) is 5.10 Å². The Morgan fingerprint density at radius 1 is 1.35 bits per heavy atom.